The van der Waals surface area contributed by atoms with E-state index in [9.17, 15) is 9.59 Å². The molecule has 4 aromatic carbocycles. The van der Waals surface area contributed by atoms with Crippen molar-refractivity contribution in [3.8, 4) is 5.75 Å². The number of carbonyl (C=O) groups is 2. The van der Waals surface area contributed by atoms with Gasteiger partial charge in [0.1, 0.15) is 5.75 Å². The van der Waals surface area contributed by atoms with Crippen molar-refractivity contribution in [3.05, 3.63) is 131 Å². The molecule has 4 aromatic rings. The minimum Gasteiger partial charge on any atom is -0.476 e. The van der Waals surface area contributed by atoms with E-state index in [4.69, 9.17) is 4.74 Å². The standard InChI is InChI=1S/C34H34N2O3/c1-25-14-16-28(17-15-25)24-36-30-22-29(18-19-31(30)39-34(2,3)33(36)38)32(37)35(23-27-12-8-5-9-13-27)21-20-26-10-6-4-7-11-26/h4-19,22H,20-21,23-24H2,1-3H3. The van der Waals surface area contributed by atoms with Gasteiger partial charge in [0.25, 0.3) is 11.8 Å². The zero-order chi connectivity index (χ0) is 27.4. The van der Waals surface area contributed by atoms with E-state index >= 15 is 0 Å². The van der Waals surface area contributed by atoms with E-state index in [1.807, 2.05) is 90.7 Å². The first-order chi connectivity index (χ1) is 18.8. The van der Waals surface area contributed by atoms with E-state index < -0.39 is 5.60 Å². The van der Waals surface area contributed by atoms with E-state index in [1.165, 1.54) is 5.56 Å². The molecular weight excluding hydrogens is 484 g/mol. The minimum absolute atomic E-state index is 0.0786. The van der Waals surface area contributed by atoms with Gasteiger partial charge in [0.15, 0.2) is 5.60 Å². The quantitative estimate of drug-likeness (QED) is 0.265. The van der Waals surface area contributed by atoms with Gasteiger partial charge < -0.3 is 14.5 Å². The van der Waals surface area contributed by atoms with Gasteiger partial charge in [-0.3, -0.25) is 9.59 Å². The summed E-state index contributed by atoms with van der Waals surface area (Å²) in [6, 6.07) is 33.8. The van der Waals surface area contributed by atoms with Crippen LogP contribution in [0.2, 0.25) is 0 Å². The van der Waals surface area contributed by atoms with Crippen LogP contribution in [0.4, 0.5) is 5.69 Å². The number of nitrogens with zero attached hydrogens (tertiary/aromatic N) is 2. The highest BCUT2D eigenvalue weighted by Crippen LogP contribution is 2.39. The maximum Gasteiger partial charge on any atom is 0.271 e. The molecule has 0 aromatic heterocycles. The average molecular weight is 519 g/mol. The van der Waals surface area contributed by atoms with Crippen molar-refractivity contribution in [2.45, 2.75) is 45.9 Å². The largest absolute Gasteiger partial charge is 0.476 e. The van der Waals surface area contributed by atoms with Crippen LogP contribution in [0, 0.1) is 6.92 Å². The Morgan fingerprint density at radius 2 is 1.46 bits per heavy atom. The molecule has 0 aliphatic carbocycles. The molecule has 1 heterocycles. The topological polar surface area (TPSA) is 49.9 Å². The van der Waals surface area contributed by atoms with E-state index in [-0.39, 0.29) is 11.8 Å². The Balaban J connectivity index is 1.46. The molecule has 1 aliphatic heterocycles. The second-order valence-corrected chi connectivity index (χ2v) is 10.6. The van der Waals surface area contributed by atoms with E-state index in [0.29, 0.717) is 36.6 Å². The molecule has 5 heteroatoms. The summed E-state index contributed by atoms with van der Waals surface area (Å²) in [5, 5.41) is 0. The first-order valence-electron chi connectivity index (χ1n) is 13.4. The van der Waals surface area contributed by atoms with E-state index in [0.717, 1.165) is 23.1 Å². The number of aryl methyl sites for hydroxylation is 1. The van der Waals surface area contributed by atoms with Crippen LogP contribution >= 0.6 is 0 Å². The number of amides is 2. The highest BCUT2D eigenvalue weighted by atomic mass is 16.5. The summed E-state index contributed by atoms with van der Waals surface area (Å²) >= 11 is 0. The molecule has 0 unspecified atom stereocenters. The molecule has 0 N–H and O–H groups in total. The third-order valence-electron chi connectivity index (χ3n) is 7.10. The van der Waals surface area contributed by atoms with Crippen LogP contribution in [-0.4, -0.2) is 28.9 Å². The summed E-state index contributed by atoms with van der Waals surface area (Å²) in [4.78, 5) is 31.1. The van der Waals surface area contributed by atoms with Crippen molar-refractivity contribution in [1.82, 2.24) is 4.90 Å². The fourth-order valence-electron chi connectivity index (χ4n) is 4.88. The molecule has 0 atom stereocenters. The van der Waals surface area contributed by atoms with Crippen LogP contribution in [0.25, 0.3) is 0 Å². The van der Waals surface area contributed by atoms with Crippen LogP contribution < -0.4 is 9.64 Å². The van der Waals surface area contributed by atoms with Crippen LogP contribution in [0.3, 0.4) is 0 Å². The van der Waals surface area contributed by atoms with Crippen molar-refractivity contribution < 1.29 is 14.3 Å². The SMILES string of the molecule is Cc1ccc(CN2C(=O)C(C)(C)Oc3ccc(C(=O)N(CCc4ccccc4)Cc4ccccc4)cc32)cc1. The summed E-state index contributed by atoms with van der Waals surface area (Å²) < 4.78 is 6.10. The predicted molar refractivity (Wildman–Crippen MR) is 155 cm³/mol. The zero-order valence-electron chi connectivity index (χ0n) is 22.8. The van der Waals surface area contributed by atoms with Gasteiger partial charge >= 0.3 is 0 Å². The molecule has 0 saturated carbocycles. The Kier molecular flexibility index (Phi) is 7.51. The number of anilines is 1. The fourth-order valence-corrected chi connectivity index (χ4v) is 4.88. The van der Waals surface area contributed by atoms with Crippen LogP contribution in [0.5, 0.6) is 5.75 Å². The molecule has 39 heavy (non-hydrogen) atoms. The Morgan fingerprint density at radius 1 is 0.821 bits per heavy atom. The van der Waals surface area contributed by atoms with Crippen molar-refractivity contribution in [2.75, 3.05) is 11.4 Å². The number of fused-ring (bicyclic) bond motifs is 1. The zero-order valence-corrected chi connectivity index (χ0v) is 22.8. The first-order valence-corrected chi connectivity index (χ1v) is 13.4. The monoisotopic (exact) mass is 518 g/mol. The average Bonchev–Trinajstić information content (AvgIpc) is 2.95. The second kappa shape index (κ2) is 11.2. The molecule has 0 spiro atoms. The van der Waals surface area contributed by atoms with Gasteiger partial charge in [-0.1, -0.05) is 90.5 Å². The lowest BCUT2D eigenvalue weighted by molar-refractivity contribution is -0.132. The predicted octanol–water partition coefficient (Wildman–Crippen LogP) is 6.58. The molecule has 0 saturated heterocycles. The maximum absolute atomic E-state index is 13.9. The Hall–Kier alpha value is -4.38. The molecular formula is C34H34N2O3. The highest BCUT2D eigenvalue weighted by Gasteiger charge is 2.41. The highest BCUT2D eigenvalue weighted by molar-refractivity contribution is 6.04. The summed E-state index contributed by atoms with van der Waals surface area (Å²) in [7, 11) is 0. The smallest absolute Gasteiger partial charge is 0.271 e. The summed E-state index contributed by atoms with van der Waals surface area (Å²) in [5.41, 5.74) is 4.57. The number of benzene rings is 4. The van der Waals surface area contributed by atoms with Gasteiger partial charge in [-0.15, -0.1) is 0 Å². The lowest BCUT2D eigenvalue weighted by Gasteiger charge is -2.39. The van der Waals surface area contributed by atoms with Crippen molar-refractivity contribution >= 4 is 17.5 Å². The summed E-state index contributed by atoms with van der Waals surface area (Å²) in [5.74, 6) is 0.387. The fraction of sp³-hybridized carbons (Fsp3) is 0.235. The summed E-state index contributed by atoms with van der Waals surface area (Å²) in [6.07, 6.45) is 0.750. The molecule has 1 aliphatic rings. The van der Waals surface area contributed by atoms with E-state index in [1.54, 1.807) is 30.9 Å². The number of hydrogen-bond donors (Lipinski definition) is 0. The number of ether oxygens (including phenoxy) is 1. The maximum atomic E-state index is 13.9. The number of hydrogen-bond acceptors (Lipinski definition) is 3. The molecule has 0 radical (unpaired) electrons. The Bertz CT molecular complexity index is 1450. The molecule has 198 valence electrons. The molecule has 0 bridgehead atoms. The van der Waals surface area contributed by atoms with Crippen LogP contribution in [0.15, 0.2) is 103 Å². The molecule has 5 nitrogen and oxygen atoms in total. The molecule has 5 rings (SSSR count). The van der Waals surface area contributed by atoms with Crippen molar-refractivity contribution in [3.63, 3.8) is 0 Å². The van der Waals surface area contributed by atoms with Crippen molar-refractivity contribution in [2.24, 2.45) is 0 Å². The third kappa shape index (κ3) is 6.04. The normalized spacial score (nSPS) is 13.9. The third-order valence-corrected chi connectivity index (χ3v) is 7.10. The van der Waals surface area contributed by atoms with E-state index in [2.05, 4.69) is 12.1 Å². The summed E-state index contributed by atoms with van der Waals surface area (Å²) in [6.45, 7) is 7.08. The Labute approximate surface area is 230 Å². The van der Waals surface area contributed by atoms with Crippen molar-refractivity contribution in [1.29, 1.82) is 0 Å². The molecule has 0 fully saturated rings. The van der Waals surface area contributed by atoms with Gasteiger partial charge in [0, 0.05) is 18.7 Å². The van der Waals surface area contributed by atoms with Crippen LogP contribution in [0.1, 0.15) is 46.5 Å². The first kappa shape index (κ1) is 26.2. The van der Waals surface area contributed by atoms with Gasteiger partial charge in [-0.2, -0.15) is 0 Å². The van der Waals surface area contributed by atoms with Gasteiger partial charge in [-0.05, 0) is 62.1 Å². The lowest BCUT2D eigenvalue weighted by Crippen LogP contribution is -2.52. The lowest BCUT2D eigenvalue weighted by atomic mass is 10.0. The van der Waals surface area contributed by atoms with Gasteiger partial charge in [-0.25, -0.2) is 0 Å². The van der Waals surface area contributed by atoms with Gasteiger partial charge in [0.2, 0.25) is 0 Å². The number of rotatable bonds is 8. The molecule has 2 amide bonds. The second-order valence-electron chi connectivity index (χ2n) is 10.6. The van der Waals surface area contributed by atoms with Crippen LogP contribution in [-0.2, 0) is 24.3 Å². The van der Waals surface area contributed by atoms with Gasteiger partial charge in [0.05, 0.1) is 12.2 Å². The minimum atomic E-state index is -1.00. The number of carbonyl (C=O) groups excluding carboxylic acids is 2. The Morgan fingerprint density at radius 3 is 2.13 bits per heavy atom.